The lowest BCUT2D eigenvalue weighted by Gasteiger charge is -2.11. The number of ketones is 1. The zero-order chi connectivity index (χ0) is 23.8. The van der Waals surface area contributed by atoms with Gasteiger partial charge in [0.05, 0.1) is 5.69 Å². The molecular weight excluding hydrogens is 438 g/mol. The van der Waals surface area contributed by atoms with Crippen LogP contribution in [0.25, 0.3) is 6.08 Å². The van der Waals surface area contributed by atoms with Crippen molar-refractivity contribution >= 4 is 41.0 Å². The van der Waals surface area contributed by atoms with Crippen LogP contribution in [-0.2, 0) is 14.3 Å². The Morgan fingerprint density at radius 1 is 0.970 bits per heavy atom. The molecule has 0 saturated heterocycles. The first-order valence-electron chi connectivity index (χ1n) is 10.5. The highest BCUT2D eigenvalue weighted by atomic mass is 35.5. The standard InChI is InChI=1S/C27H24ClNO4/c1-18(2)20-11-8-19(9-12-20)10-15-26(31)33-17-25(30)29-24-14-13-22(28)16-23(24)27(32)21-6-4-3-5-7-21/h3-16,18H,17H2,1-2H3,(H,29,30). The van der Waals surface area contributed by atoms with Crippen molar-refractivity contribution in [2.24, 2.45) is 0 Å². The molecule has 0 aliphatic carbocycles. The van der Waals surface area contributed by atoms with Crippen LogP contribution in [0, 0.1) is 0 Å². The summed E-state index contributed by atoms with van der Waals surface area (Å²) in [4.78, 5) is 37.2. The van der Waals surface area contributed by atoms with Gasteiger partial charge in [-0.1, -0.05) is 80.0 Å². The molecule has 0 spiro atoms. The van der Waals surface area contributed by atoms with Gasteiger partial charge in [0, 0.05) is 22.2 Å². The number of ether oxygens (including phenoxy) is 1. The van der Waals surface area contributed by atoms with Gasteiger partial charge >= 0.3 is 5.97 Å². The summed E-state index contributed by atoms with van der Waals surface area (Å²) in [6.45, 7) is 3.73. The Balaban J connectivity index is 1.59. The molecule has 0 heterocycles. The highest BCUT2D eigenvalue weighted by molar-refractivity contribution is 6.31. The van der Waals surface area contributed by atoms with E-state index in [9.17, 15) is 14.4 Å². The summed E-state index contributed by atoms with van der Waals surface area (Å²) in [5.74, 6) is -1.07. The number of carbonyl (C=O) groups excluding carboxylic acids is 3. The summed E-state index contributed by atoms with van der Waals surface area (Å²) in [6.07, 6.45) is 2.89. The molecule has 1 N–H and O–H groups in total. The number of benzene rings is 3. The van der Waals surface area contributed by atoms with E-state index in [0.29, 0.717) is 16.5 Å². The van der Waals surface area contributed by atoms with Gasteiger partial charge in [-0.25, -0.2) is 4.79 Å². The minimum atomic E-state index is -0.644. The van der Waals surface area contributed by atoms with Crippen LogP contribution in [0.3, 0.4) is 0 Å². The molecule has 5 nitrogen and oxygen atoms in total. The first kappa shape index (κ1) is 24.0. The molecule has 0 bridgehead atoms. The van der Waals surface area contributed by atoms with Crippen molar-refractivity contribution in [1.82, 2.24) is 0 Å². The zero-order valence-corrected chi connectivity index (χ0v) is 19.1. The molecule has 0 radical (unpaired) electrons. The van der Waals surface area contributed by atoms with Crippen molar-refractivity contribution in [3.05, 3.63) is 106 Å². The zero-order valence-electron chi connectivity index (χ0n) is 18.4. The molecular formula is C27H24ClNO4. The molecule has 3 rings (SSSR count). The highest BCUT2D eigenvalue weighted by Crippen LogP contribution is 2.24. The third-order valence-corrected chi connectivity index (χ3v) is 5.13. The number of halogens is 1. The van der Waals surface area contributed by atoms with Crippen LogP contribution in [0.1, 0.15) is 46.8 Å². The lowest BCUT2D eigenvalue weighted by atomic mass is 10.0. The largest absolute Gasteiger partial charge is 0.452 e. The predicted molar refractivity (Wildman–Crippen MR) is 130 cm³/mol. The molecule has 0 saturated carbocycles. The summed E-state index contributed by atoms with van der Waals surface area (Å²) in [5, 5.41) is 2.98. The quantitative estimate of drug-likeness (QED) is 0.258. The lowest BCUT2D eigenvalue weighted by Crippen LogP contribution is -2.21. The first-order chi connectivity index (χ1) is 15.8. The monoisotopic (exact) mass is 461 g/mol. The van der Waals surface area contributed by atoms with E-state index < -0.39 is 18.5 Å². The molecule has 168 valence electrons. The van der Waals surface area contributed by atoms with Gasteiger partial charge < -0.3 is 10.1 Å². The topological polar surface area (TPSA) is 72.5 Å². The molecule has 0 atom stereocenters. The Labute approximate surface area is 198 Å². The number of nitrogens with one attached hydrogen (secondary N) is 1. The second kappa shape index (κ2) is 11.2. The molecule has 0 fully saturated rings. The summed E-state index contributed by atoms with van der Waals surface area (Å²) < 4.78 is 5.02. The van der Waals surface area contributed by atoms with Crippen LogP contribution < -0.4 is 5.32 Å². The number of amides is 1. The van der Waals surface area contributed by atoms with Crippen molar-refractivity contribution in [3.8, 4) is 0 Å². The Kier molecular flexibility index (Phi) is 8.17. The normalized spacial score (nSPS) is 10.9. The fourth-order valence-corrected chi connectivity index (χ4v) is 3.26. The van der Waals surface area contributed by atoms with Crippen LogP contribution in [0.5, 0.6) is 0 Å². The van der Waals surface area contributed by atoms with E-state index in [1.165, 1.54) is 17.7 Å². The highest BCUT2D eigenvalue weighted by Gasteiger charge is 2.16. The summed E-state index contributed by atoms with van der Waals surface area (Å²) in [5.41, 5.74) is 3.06. The van der Waals surface area contributed by atoms with E-state index in [1.807, 2.05) is 24.3 Å². The minimum Gasteiger partial charge on any atom is -0.452 e. The van der Waals surface area contributed by atoms with Gasteiger partial charge in [0.15, 0.2) is 12.4 Å². The smallest absolute Gasteiger partial charge is 0.331 e. The summed E-state index contributed by atoms with van der Waals surface area (Å²) in [7, 11) is 0. The van der Waals surface area contributed by atoms with E-state index in [-0.39, 0.29) is 17.0 Å². The van der Waals surface area contributed by atoms with E-state index in [0.717, 1.165) is 5.56 Å². The van der Waals surface area contributed by atoms with Crippen LogP contribution in [-0.4, -0.2) is 24.3 Å². The van der Waals surface area contributed by atoms with E-state index in [2.05, 4.69) is 19.2 Å². The third kappa shape index (κ3) is 6.89. The average Bonchev–Trinajstić information content (AvgIpc) is 2.83. The van der Waals surface area contributed by atoms with Crippen LogP contribution in [0.4, 0.5) is 5.69 Å². The molecule has 0 unspecified atom stereocenters. The lowest BCUT2D eigenvalue weighted by molar-refractivity contribution is -0.142. The van der Waals surface area contributed by atoms with Gasteiger partial charge in [-0.05, 0) is 41.3 Å². The van der Waals surface area contributed by atoms with Crippen molar-refractivity contribution in [3.63, 3.8) is 0 Å². The summed E-state index contributed by atoms with van der Waals surface area (Å²) in [6, 6.07) is 21.1. The van der Waals surface area contributed by atoms with Crippen LogP contribution in [0.15, 0.2) is 78.9 Å². The molecule has 0 aliphatic rings. The number of hydrogen-bond donors (Lipinski definition) is 1. The number of esters is 1. The van der Waals surface area contributed by atoms with Crippen molar-refractivity contribution in [1.29, 1.82) is 0 Å². The Bertz CT molecular complexity index is 1170. The number of carbonyl (C=O) groups is 3. The molecule has 3 aromatic rings. The molecule has 0 aliphatic heterocycles. The van der Waals surface area contributed by atoms with Crippen LogP contribution in [0.2, 0.25) is 5.02 Å². The van der Waals surface area contributed by atoms with E-state index >= 15 is 0 Å². The van der Waals surface area contributed by atoms with Gasteiger partial charge in [0.25, 0.3) is 5.91 Å². The molecule has 3 aromatic carbocycles. The van der Waals surface area contributed by atoms with Crippen molar-refractivity contribution < 1.29 is 19.1 Å². The minimum absolute atomic E-state index is 0.248. The SMILES string of the molecule is CC(C)c1ccc(C=CC(=O)OCC(=O)Nc2ccc(Cl)cc2C(=O)c2ccccc2)cc1. The second-order valence-electron chi connectivity index (χ2n) is 7.70. The summed E-state index contributed by atoms with van der Waals surface area (Å²) >= 11 is 6.05. The Hall–Kier alpha value is -3.70. The predicted octanol–water partition coefficient (Wildman–Crippen LogP) is 5.89. The molecule has 0 aromatic heterocycles. The average molecular weight is 462 g/mol. The Morgan fingerprint density at radius 2 is 1.67 bits per heavy atom. The second-order valence-corrected chi connectivity index (χ2v) is 8.13. The van der Waals surface area contributed by atoms with E-state index in [1.54, 1.807) is 48.5 Å². The molecule has 1 amide bonds. The fraction of sp³-hybridized carbons (Fsp3) is 0.148. The maximum absolute atomic E-state index is 12.8. The maximum atomic E-state index is 12.8. The van der Waals surface area contributed by atoms with Crippen LogP contribution >= 0.6 is 11.6 Å². The molecule has 6 heteroatoms. The van der Waals surface area contributed by atoms with Gasteiger partial charge in [-0.3, -0.25) is 9.59 Å². The van der Waals surface area contributed by atoms with E-state index in [4.69, 9.17) is 16.3 Å². The maximum Gasteiger partial charge on any atom is 0.331 e. The molecule has 33 heavy (non-hydrogen) atoms. The third-order valence-electron chi connectivity index (χ3n) is 4.90. The fourth-order valence-electron chi connectivity index (χ4n) is 3.09. The number of rotatable bonds is 8. The van der Waals surface area contributed by atoms with Crippen molar-refractivity contribution in [2.75, 3.05) is 11.9 Å². The number of anilines is 1. The van der Waals surface area contributed by atoms with Gasteiger partial charge in [0.1, 0.15) is 0 Å². The van der Waals surface area contributed by atoms with Gasteiger partial charge in [-0.15, -0.1) is 0 Å². The number of hydrogen-bond acceptors (Lipinski definition) is 4. The van der Waals surface area contributed by atoms with Gasteiger partial charge in [-0.2, -0.15) is 0 Å². The Morgan fingerprint density at radius 3 is 2.33 bits per heavy atom. The van der Waals surface area contributed by atoms with Gasteiger partial charge in [0.2, 0.25) is 0 Å². The van der Waals surface area contributed by atoms with Crippen molar-refractivity contribution in [2.45, 2.75) is 19.8 Å². The first-order valence-corrected chi connectivity index (χ1v) is 10.8.